The molecule has 0 aliphatic rings. The van der Waals surface area contributed by atoms with Crippen molar-refractivity contribution in [3.8, 4) is 5.69 Å². The Balaban J connectivity index is 1.62. The highest BCUT2D eigenvalue weighted by atomic mass is 32.2. The molecule has 2 heterocycles. The number of non-ortho nitro benzene ring substituents is 1. The van der Waals surface area contributed by atoms with E-state index in [0.717, 1.165) is 23.1 Å². The Morgan fingerprint density at radius 1 is 1.16 bits per heavy atom. The van der Waals surface area contributed by atoms with Crippen molar-refractivity contribution in [2.45, 2.75) is 18.7 Å². The number of nitro groups is 1. The molecule has 1 aromatic carbocycles. The molecule has 0 aliphatic carbocycles. The van der Waals surface area contributed by atoms with Gasteiger partial charge in [-0.05, 0) is 38.1 Å². The number of sulfonamides is 1. The van der Waals surface area contributed by atoms with E-state index in [1.54, 1.807) is 24.5 Å². The molecular formula is C20H21N5O5S. The van der Waals surface area contributed by atoms with Gasteiger partial charge < -0.3 is 9.88 Å². The zero-order valence-electron chi connectivity index (χ0n) is 16.9. The van der Waals surface area contributed by atoms with Gasteiger partial charge in [0, 0.05) is 42.8 Å². The van der Waals surface area contributed by atoms with Crippen LogP contribution in [-0.4, -0.2) is 41.9 Å². The number of aryl methyl sites for hydroxylation is 1. The van der Waals surface area contributed by atoms with Gasteiger partial charge in [0.15, 0.2) is 0 Å². The molecule has 3 rings (SSSR count). The van der Waals surface area contributed by atoms with Crippen molar-refractivity contribution in [3.63, 3.8) is 0 Å². The largest absolute Gasteiger partial charge is 0.351 e. The number of nitrogens with zero attached hydrogens (tertiary/aromatic N) is 3. The first-order valence-electron chi connectivity index (χ1n) is 9.32. The number of nitro benzene ring substituents is 1. The molecule has 2 N–H and O–H groups in total. The summed E-state index contributed by atoms with van der Waals surface area (Å²) in [5.41, 5.74) is 2.59. The molecule has 2 aromatic heterocycles. The van der Waals surface area contributed by atoms with E-state index in [1.807, 2.05) is 24.5 Å². The quantitative estimate of drug-likeness (QED) is 0.311. The van der Waals surface area contributed by atoms with Crippen molar-refractivity contribution in [2.24, 2.45) is 0 Å². The smallest absolute Gasteiger partial charge is 0.270 e. The minimum Gasteiger partial charge on any atom is -0.351 e. The van der Waals surface area contributed by atoms with Crippen LogP contribution >= 0.6 is 0 Å². The molecule has 0 aliphatic heterocycles. The number of hydrogen-bond donors (Lipinski definition) is 2. The van der Waals surface area contributed by atoms with Gasteiger partial charge in [0.2, 0.25) is 10.0 Å². The van der Waals surface area contributed by atoms with Crippen LogP contribution in [0.1, 0.15) is 21.7 Å². The predicted octanol–water partition coefficient (Wildman–Crippen LogP) is 2.11. The number of carbonyl (C=O) groups excluding carboxylic acids is 1. The van der Waals surface area contributed by atoms with E-state index in [9.17, 15) is 23.3 Å². The van der Waals surface area contributed by atoms with E-state index in [1.165, 1.54) is 18.2 Å². The fourth-order valence-electron chi connectivity index (χ4n) is 3.18. The predicted molar refractivity (Wildman–Crippen MR) is 114 cm³/mol. The van der Waals surface area contributed by atoms with Crippen LogP contribution in [0.4, 0.5) is 5.69 Å². The van der Waals surface area contributed by atoms with Crippen LogP contribution in [0, 0.1) is 24.0 Å². The van der Waals surface area contributed by atoms with Crippen LogP contribution in [0.3, 0.4) is 0 Å². The molecule has 0 saturated heterocycles. The minimum atomic E-state index is -3.94. The van der Waals surface area contributed by atoms with Gasteiger partial charge >= 0.3 is 0 Å². The summed E-state index contributed by atoms with van der Waals surface area (Å²) in [5, 5.41) is 13.5. The molecular weight excluding hydrogens is 422 g/mol. The number of aromatic nitrogens is 2. The van der Waals surface area contributed by atoms with Crippen molar-refractivity contribution in [2.75, 3.05) is 13.1 Å². The number of rotatable bonds is 8. The third-order valence-electron chi connectivity index (χ3n) is 4.62. The second-order valence-electron chi connectivity index (χ2n) is 6.74. The normalized spacial score (nSPS) is 11.3. The van der Waals surface area contributed by atoms with Gasteiger partial charge in [-0.15, -0.1) is 0 Å². The number of hydrogen-bond acceptors (Lipinski definition) is 6. The highest BCUT2D eigenvalue weighted by Gasteiger charge is 2.19. The summed E-state index contributed by atoms with van der Waals surface area (Å²) in [6, 6.07) is 10.2. The monoisotopic (exact) mass is 443 g/mol. The molecule has 11 heteroatoms. The SMILES string of the molecule is Cc1cc(C(=O)NCCNS(=O)(=O)c2cccc([N+](=O)[O-])c2)c(C)n1-c1cccnc1. The first-order chi connectivity index (χ1) is 14.7. The van der Waals surface area contributed by atoms with E-state index in [0.29, 0.717) is 5.56 Å². The Kier molecular flexibility index (Phi) is 6.47. The van der Waals surface area contributed by atoms with Gasteiger partial charge in [0.1, 0.15) is 0 Å². The molecule has 3 aromatic rings. The third kappa shape index (κ3) is 4.95. The summed E-state index contributed by atoms with van der Waals surface area (Å²) in [6.45, 7) is 3.67. The van der Waals surface area contributed by atoms with Crippen molar-refractivity contribution in [1.29, 1.82) is 0 Å². The highest BCUT2D eigenvalue weighted by molar-refractivity contribution is 7.89. The van der Waals surface area contributed by atoms with E-state index < -0.39 is 14.9 Å². The lowest BCUT2D eigenvalue weighted by atomic mass is 10.2. The molecule has 162 valence electrons. The Morgan fingerprint density at radius 3 is 2.61 bits per heavy atom. The Hall–Kier alpha value is -3.57. The van der Waals surface area contributed by atoms with E-state index >= 15 is 0 Å². The zero-order chi connectivity index (χ0) is 22.6. The fraction of sp³-hybridized carbons (Fsp3) is 0.200. The van der Waals surface area contributed by atoms with Crippen LogP contribution in [-0.2, 0) is 10.0 Å². The summed E-state index contributed by atoms with van der Waals surface area (Å²) < 4.78 is 28.9. The summed E-state index contributed by atoms with van der Waals surface area (Å²) >= 11 is 0. The lowest BCUT2D eigenvalue weighted by Crippen LogP contribution is -2.34. The summed E-state index contributed by atoms with van der Waals surface area (Å²) in [7, 11) is -3.94. The zero-order valence-corrected chi connectivity index (χ0v) is 17.7. The number of nitrogens with one attached hydrogen (secondary N) is 2. The summed E-state index contributed by atoms with van der Waals surface area (Å²) in [5.74, 6) is -0.335. The lowest BCUT2D eigenvalue weighted by molar-refractivity contribution is -0.385. The molecule has 0 unspecified atom stereocenters. The van der Waals surface area contributed by atoms with Crippen LogP contribution in [0.15, 0.2) is 59.8 Å². The Morgan fingerprint density at radius 2 is 1.94 bits per heavy atom. The molecule has 0 saturated carbocycles. The molecule has 31 heavy (non-hydrogen) atoms. The average molecular weight is 443 g/mol. The van der Waals surface area contributed by atoms with Gasteiger partial charge in [-0.25, -0.2) is 13.1 Å². The highest BCUT2D eigenvalue weighted by Crippen LogP contribution is 2.20. The summed E-state index contributed by atoms with van der Waals surface area (Å²) in [4.78, 5) is 26.6. The van der Waals surface area contributed by atoms with Crippen LogP contribution < -0.4 is 10.0 Å². The van der Waals surface area contributed by atoms with E-state index in [2.05, 4.69) is 15.0 Å². The minimum absolute atomic E-state index is 0.0452. The van der Waals surface area contributed by atoms with Gasteiger partial charge in [0.05, 0.1) is 27.3 Å². The molecule has 0 atom stereocenters. The van der Waals surface area contributed by atoms with Crippen molar-refractivity contribution < 1.29 is 18.1 Å². The molecule has 1 amide bonds. The van der Waals surface area contributed by atoms with Gasteiger partial charge in [-0.1, -0.05) is 6.07 Å². The lowest BCUT2D eigenvalue weighted by Gasteiger charge is -2.10. The van der Waals surface area contributed by atoms with Crippen LogP contribution in [0.2, 0.25) is 0 Å². The molecule has 0 fully saturated rings. The first-order valence-corrected chi connectivity index (χ1v) is 10.8. The Labute approximate surface area is 179 Å². The maximum atomic E-state index is 12.6. The van der Waals surface area contributed by atoms with E-state index in [-0.39, 0.29) is 29.6 Å². The number of pyridine rings is 1. The van der Waals surface area contributed by atoms with Crippen LogP contribution in [0.5, 0.6) is 0 Å². The third-order valence-corrected chi connectivity index (χ3v) is 6.08. The maximum absolute atomic E-state index is 12.6. The number of benzene rings is 1. The molecule has 0 radical (unpaired) electrons. The second-order valence-corrected chi connectivity index (χ2v) is 8.51. The second kappa shape index (κ2) is 9.06. The number of amides is 1. The maximum Gasteiger partial charge on any atom is 0.270 e. The van der Waals surface area contributed by atoms with Crippen LogP contribution in [0.25, 0.3) is 5.69 Å². The summed E-state index contributed by atoms with van der Waals surface area (Å²) in [6.07, 6.45) is 3.37. The van der Waals surface area contributed by atoms with Crippen molar-refractivity contribution in [3.05, 3.63) is 81.9 Å². The molecule has 10 nitrogen and oxygen atoms in total. The topological polar surface area (TPSA) is 136 Å². The van der Waals surface area contributed by atoms with Crippen molar-refractivity contribution >= 4 is 21.6 Å². The van der Waals surface area contributed by atoms with Gasteiger partial charge in [0.25, 0.3) is 11.6 Å². The van der Waals surface area contributed by atoms with Gasteiger partial charge in [-0.3, -0.25) is 19.9 Å². The molecule has 0 spiro atoms. The Bertz CT molecular complexity index is 1220. The fourth-order valence-corrected chi connectivity index (χ4v) is 4.25. The average Bonchev–Trinajstić information content (AvgIpc) is 3.05. The van der Waals surface area contributed by atoms with Gasteiger partial charge in [-0.2, -0.15) is 0 Å². The first kappa shape index (κ1) is 22.1. The van der Waals surface area contributed by atoms with Crippen molar-refractivity contribution in [1.82, 2.24) is 19.6 Å². The molecule has 0 bridgehead atoms. The standard InChI is InChI=1S/C20H21N5O5S/c1-14-11-19(15(2)24(14)17-6-4-8-21-13-17)20(26)22-9-10-23-31(29,30)18-7-3-5-16(12-18)25(27)28/h3-8,11-13,23H,9-10H2,1-2H3,(H,22,26). The number of carbonyl (C=O) groups is 1. The van der Waals surface area contributed by atoms with E-state index in [4.69, 9.17) is 0 Å².